The molecule has 20 heavy (non-hydrogen) atoms. The Morgan fingerprint density at radius 2 is 2.20 bits per heavy atom. The Morgan fingerprint density at radius 1 is 1.35 bits per heavy atom. The topological polar surface area (TPSA) is 32.3 Å². The van der Waals surface area contributed by atoms with Gasteiger partial charge < -0.3 is 4.90 Å². The van der Waals surface area contributed by atoms with Crippen LogP contribution in [0.15, 0.2) is 17.5 Å². The highest BCUT2D eigenvalue weighted by Crippen LogP contribution is 2.44. The van der Waals surface area contributed by atoms with E-state index in [0.717, 1.165) is 25.0 Å². The van der Waals surface area contributed by atoms with Crippen molar-refractivity contribution in [2.75, 3.05) is 11.5 Å². The maximum absolute atomic E-state index is 13.1. The fraction of sp³-hybridized carbons (Fsp3) is 0.667. The van der Waals surface area contributed by atoms with Gasteiger partial charge in [0.15, 0.2) is 0 Å². The summed E-state index contributed by atoms with van der Waals surface area (Å²) in [6.07, 6.45) is 5.67. The van der Waals surface area contributed by atoms with Crippen LogP contribution in [0.4, 0.5) is 0 Å². The van der Waals surface area contributed by atoms with Crippen LogP contribution in [-0.4, -0.2) is 33.9 Å². The van der Waals surface area contributed by atoms with Crippen molar-refractivity contribution in [2.45, 2.75) is 49.9 Å². The predicted molar refractivity (Wildman–Crippen MR) is 84.0 cm³/mol. The van der Waals surface area contributed by atoms with Gasteiger partial charge in [-0.05, 0) is 36.5 Å². The molecule has 0 radical (unpaired) electrons. The van der Waals surface area contributed by atoms with Gasteiger partial charge in [0.2, 0.25) is 5.91 Å². The first-order valence-electron chi connectivity index (χ1n) is 7.52. The third-order valence-corrected chi connectivity index (χ3v) is 6.97. The fourth-order valence-electron chi connectivity index (χ4n) is 3.87. The maximum atomic E-state index is 13.1. The highest BCUT2D eigenvalue weighted by atomic mass is 32.2. The van der Waals surface area contributed by atoms with Crippen LogP contribution in [0.1, 0.15) is 43.1 Å². The van der Waals surface area contributed by atoms with E-state index in [4.69, 9.17) is 0 Å². The van der Waals surface area contributed by atoms with Crippen molar-refractivity contribution in [3.8, 4) is 0 Å². The molecule has 1 amide bonds. The number of thiophene rings is 1. The number of nitrogens with one attached hydrogen (secondary N) is 1. The van der Waals surface area contributed by atoms with Gasteiger partial charge in [-0.3, -0.25) is 10.1 Å². The number of thioether (sulfide) groups is 1. The SMILES string of the molecule is O=C1N(C2CCSC2)C(c2cccs2)NC12CCCC2. The van der Waals surface area contributed by atoms with Gasteiger partial charge in [0, 0.05) is 16.7 Å². The lowest BCUT2D eigenvalue weighted by Gasteiger charge is -2.29. The molecule has 1 aliphatic carbocycles. The molecule has 108 valence electrons. The summed E-state index contributed by atoms with van der Waals surface area (Å²) in [5, 5.41) is 5.84. The van der Waals surface area contributed by atoms with Gasteiger partial charge in [-0.1, -0.05) is 18.9 Å². The van der Waals surface area contributed by atoms with Crippen molar-refractivity contribution in [3.05, 3.63) is 22.4 Å². The van der Waals surface area contributed by atoms with Crippen molar-refractivity contribution in [2.24, 2.45) is 0 Å². The van der Waals surface area contributed by atoms with E-state index in [0.29, 0.717) is 11.9 Å². The third-order valence-electron chi connectivity index (χ3n) is 4.90. The van der Waals surface area contributed by atoms with Gasteiger partial charge in [-0.2, -0.15) is 11.8 Å². The van der Waals surface area contributed by atoms with Gasteiger partial charge in [0.25, 0.3) is 0 Å². The summed E-state index contributed by atoms with van der Waals surface area (Å²) < 4.78 is 0. The number of rotatable bonds is 2. The monoisotopic (exact) mass is 308 g/mol. The molecule has 1 aromatic rings. The Kier molecular flexibility index (Phi) is 3.32. The van der Waals surface area contributed by atoms with Gasteiger partial charge in [0.05, 0.1) is 5.54 Å². The van der Waals surface area contributed by atoms with Crippen molar-refractivity contribution in [1.29, 1.82) is 0 Å². The van der Waals surface area contributed by atoms with Crippen LogP contribution in [0.25, 0.3) is 0 Å². The molecule has 3 fully saturated rings. The highest BCUT2D eigenvalue weighted by Gasteiger charge is 2.54. The molecule has 1 spiro atoms. The normalized spacial score (nSPS) is 32.6. The summed E-state index contributed by atoms with van der Waals surface area (Å²) in [5.74, 6) is 2.67. The molecule has 3 aliphatic rings. The first kappa shape index (κ1) is 13.2. The molecular formula is C15H20N2OS2. The first-order valence-corrected chi connectivity index (χ1v) is 9.55. The zero-order chi connectivity index (χ0) is 13.6. The molecule has 4 rings (SSSR count). The molecule has 3 nitrogen and oxygen atoms in total. The first-order chi connectivity index (χ1) is 9.80. The van der Waals surface area contributed by atoms with Gasteiger partial charge >= 0.3 is 0 Å². The highest BCUT2D eigenvalue weighted by molar-refractivity contribution is 7.99. The predicted octanol–water partition coefficient (Wildman–Crippen LogP) is 3.00. The lowest BCUT2D eigenvalue weighted by atomic mass is 9.97. The van der Waals surface area contributed by atoms with Crippen molar-refractivity contribution in [3.63, 3.8) is 0 Å². The minimum Gasteiger partial charge on any atom is -0.317 e. The van der Waals surface area contributed by atoms with Gasteiger partial charge in [-0.25, -0.2) is 0 Å². The second-order valence-electron chi connectivity index (χ2n) is 6.08. The van der Waals surface area contributed by atoms with Gasteiger partial charge in [0.1, 0.15) is 6.17 Å². The van der Waals surface area contributed by atoms with Crippen LogP contribution in [0.2, 0.25) is 0 Å². The number of carbonyl (C=O) groups is 1. The molecule has 2 atom stereocenters. The average Bonchev–Trinajstić information content (AvgIpc) is 3.21. The summed E-state index contributed by atoms with van der Waals surface area (Å²) in [4.78, 5) is 16.6. The zero-order valence-corrected chi connectivity index (χ0v) is 13.1. The number of nitrogens with zero attached hydrogens (tertiary/aromatic N) is 1. The Bertz CT molecular complexity index is 490. The number of carbonyl (C=O) groups excluding carboxylic acids is 1. The molecule has 0 bridgehead atoms. The van der Waals surface area contributed by atoms with E-state index in [-0.39, 0.29) is 11.7 Å². The molecule has 3 heterocycles. The quantitative estimate of drug-likeness (QED) is 0.911. The van der Waals surface area contributed by atoms with Gasteiger partial charge in [-0.15, -0.1) is 11.3 Å². The van der Waals surface area contributed by atoms with Crippen molar-refractivity contribution < 1.29 is 4.79 Å². The molecule has 5 heteroatoms. The van der Waals surface area contributed by atoms with Crippen LogP contribution in [0.5, 0.6) is 0 Å². The molecule has 2 saturated heterocycles. The van der Waals surface area contributed by atoms with E-state index in [1.807, 2.05) is 11.8 Å². The zero-order valence-electron chi connectivity index (χ0n) is 11.5. The molecule has 2 aliphatic heterocycles. The molecular weight excluding hydrogens is 288 g/mol. The Balaban J connectivity index is 1.69. The van der Waals surface area contributed by atoms with Crippen LogP contribution < -0.4 is 5.32 Å². The van der Waals surface area contributed by atoms with Crippen molar-refractivity contribution in [1.82, 2.24) is 10.2 Å². The summed E-state index contributed by atoms with van der Waals surface area (Å²) in [6, 6.07) is 4.68. The molecule has 1 saturated carbocycles. The van der Waals surface area contributed by atoms with E-state index >= 15 is 0 Å². The summed E-state index contributed by atoms with van der Waals surface area (Å²) in [7, 11) is 0. The second kappa shape index (κ2) is 5.04. The lowest BCUT2D eigenvalue weighted by Crippen LogP contribution is -2.45. The molecule has 1 aromatic heterocycles. The molecule has 1 N–H and O–H groups in total. The van der Waals surface area contributed by atoms with E-state index in [1.54, 1.807) is 11.3 Å². The van der Waals surface area contributed by atoms with Crippen LogP contribution in [0, 0.1) is 0 Å². The standard InChI is InChI=1S/C15H20N2OS2/c18-14-15(6-1-2-7-15)16-13(12-4-3-8-20-12)17(14)11-5-9-19-10-11/h3-4,8,11,13,16H,1-2,5-7,9-10H2. The average molecular weight is 308 g/mol. The summed E-state index contributed by atoms with van der Waals surface area (Å²) >= 11 is 3.75. The fourth-order valence-corrected chi connectivity index (χ4v) is 5.84. The van der Waals surface area contributed by atoms with Crippen LogP contribution in [-0.2, 0) is 4.79 Å². The number of hydrogen-bond acceptors (Lipinski definition) is 4. The van der Waals surface area contributed by atoms with Crippen LogP contribution in [0.3, 0.4) is 0 Å². The number of hydrogen-bond donors (Lipinski definition) is 1. The maximum Gasteiger partial charge on any atom is 0.244 e. The third kappa shape index (κ3) is 1.94. The Morgan fingerprint density at radius 3 is 2.85 bits per heavy atom. The Labute approximate surface area is 128 Å². The summed E-state index contributed by atoms with van der Waals surface area (Å²) in [6.45, 7) is 0. The minimum absolute atomic E-state index is 0.115. The molecule has 2 unspecified atom stereocenters. The van der Waals surface area contributed by atoms with E-state index < -0.39 is 0 Å². The summed E-state index contributed by atoms with van der Waals surface area (Å²) in [5.41, 5.74) is -0.248. The van der Waals surface area contributed by atoms with E-state index in [1.165, 1.54) is 23.5 Å². The van der Waals surface area contributed by atoms with E-state index in [2.05, 4.69) is 27.7 Å². The van der Waals surface area contributed by atoms with Crippen LogP contribution >= 0.6 is 23.1 Å². The second-order valence-corrected chi connectivity index (χ2v) is 8.21. The van der Waals surface area contributed by atoms with Crippen molar-refractivity contribution >= 4 is 29.0 Å². The minimum atomic E-state index is -0.248. The molecule has 0 aromatic carbocycles. The lowest BCUT2D eigenvalue weighted by molar-refractivity contribution is -0.134. The number of amides is 1. The van der Waals surface area contributed by atoms with E-state index in [9.17, 15) is 4.79 Å². The Hall–Kier alpha value is -0.520. The smallest absolute Gasteiger partial charge is 0.244 e. The largest absolute Gasteiger partial charge is 0.317 e.